The first-order chi connectivity index (χ1) is 11.3. The Bertz CT molecular complexity index is 781. The summed E-state index contributed by atoms with van der Waals surface area (Å²) in [5.41, 5.74) is 2.37. The van der Waals surface area contributed by atoms with Gasteiger partial charge >= 0.3 is 0 Å². The lowest BCUT2D eigenvalue weighted by Crippen LogP contribution is -2.09. The molecule has 6 heteroatoms. The largest absolute Gasteiger partial charge is 0.320 e. The van der Waals surface area contributed by atoms with Gasteiger partial charge in [0.15, 0.2) is 0 Å². The smallest absolute Gasteiger partial charge is 0.248 e. The highest BCUT2D eigenvalue weighted by molar-refractivity contribution is 6.31. The van der Waals surface area contributed by atoms with Crippen molar-refractivity contribution in [2.24, 2.45) is 5.92 Å². The van der Waals surface area contributed by atoms with Crippen LogP contribution in [0, 0.1) is 25.6 Å². The maximum atomic E-state index is 13.8. The number of amides is 1. The van der Waals surface area contributed by atoms with E-state index in [9.17, 15) is 9.18 Å². The second-order valence-corrected chi connectivity index (χ2v) is 6.53. The average molecular weight is 350 g/mol. The van der Waals surface area contributed by atoms with Crippen LogP contribution >= 0.6 is 11.6 Å². The third kappa shape index (κ3) is 4.45. The molecule has 0 aliphatic rings. The van der Waals surface area contributed by atoms with Crippen molar-refractivity contribution in [3.8, 4) is 0 Å². The van der Waals surface area contributed by atoms with E-state index in [0.717, 1.165) is 11.3 Å². The van der Waals surface area contributed by atoms with Crippen LogP contribution in [-0.2, 0) is 11.3 Å². The maximum Gasteiger partial charge on any atom is 0.248 e. The highest BCUT2D eigenvalue weighted by Gasteiger charge is 2.12. The summed E-state index contributed by atoms with van der Waals surface area (Å²) in [5, 5.41) is 7.38. The number of halogens is 2. The minimum Gasteiger partial charge on any atom is -0.320 e. The Hall–Kier alpha value is -2.14. The number of anilines is 1. The third-order valence-electron chi connectivity index (χ3n) is 3.43. The molecule has 0 aliphatic heterocycles. The van der Waals surface area contributed by atoms with E-state index in [1.807, 2.05) is 6.92 Å². The predicted octanol–water partition coefficient (Wildman–Crippen LogP) is 4.60. The Balaban J connectivity index is 2.13. The van der Waals surface area contributed by atoms with E-state index in [1.165, 1.54) is 18.2 Å². The van der Waals surface area contributed by atoms with Gasteiger partial charge in [0.1, 0.15) is 11.0 Å². The van der Waals surface area contributed by atoms with Crippen LogP contribution in [-0.4, -0.2) is 15.7 Å². The summed E-state index contributed by atoms with van der Waals surface area (Å²) in [6.45, 7) is 8.47. The predicted molar refractivity (Wildman–Crippen MR) is 95.6 cm³/mol. The topological polar surface area (TPSA) is 46.9 Å². The number of nitrogens with zero attached hydrogens (tertiary/aromatic N) is 2. The Morgan fingerprint density at radius 3 is 2.75 bits per heavy atom. The normalized spacial score (nSPS) is 11.5. The summed E-state index contributed by atoms with van der Waals surface area (Å²) in [6, 6.07) is 4.64. The van der Waals surface area contributed by atoms with Crippen molar-refractivity contribution < 1.29 is 9.18 Å². The molecule has 0 radical (unpaired) electrons. The van der Waals surface area contributed by atoms with E-state index in [0.29, 0.717) is 23.2 Å². The Labute approximate surface area is 146 Å². The molecule has 0 unspecified atom stereocenters. The van der Waals surface area contributed by atoms with Gasteiger partial charge in [-0.3, -0.25) is 9.48 Å². The fourth-order valence-electron chi connectivity index (χ4n) is 2.28. The molecule has 0 saturated heterocycles. The van der Waals surface area contributed by atoms with Crippen LogP contribution in [0.2, 0.25) is 5.15 Å². The van der Waals surface area contributed by atoms with E-state index < -0.39 is 11.7 Å². The van der Waals surface area contributed by atoms with Gasteiger partial charge in [0, 0.05) is 18.2 Å². The van der Waals surface area contributed by atoms with Gasteiger partial charge in [-0.15, -0.1) is 0 Å². The minimum atomic E-state index is -0.462. The zero-order valence-electron chi connectivity index (χ0n) is 14.2. The average Bonchev–Trinajstić information content (AvgIpc) is 2.74. The van der Waals surface area contributed by atoms with Crippen molar-refractivity contribution in [2.45, 2.75) is 34.2 Å². The zero-order valence-corrected chi connectivity index (χ0v) is 15.0. The van der Waals surface area contributed by atoms with Crippen LogP contribution in [0.25, 0.3) is 6.08 Å². The molecular weight excluding hydrogens is 329 g/mol. The second kappa shape index (κ2) is 7.62. The number of hydrogen-bond acceptors (Lipinski definition) is 2. The molecule has 0 aliphatic carbocycles. The summed E-state index contributed by atoms with van der Waals surface area (Å²) in [5.74, 6) is -0.480. The van der Waals surface area contributed by atoms with Gasteiger partial charge in [0.05, 0.1) is 11.4 Å². The van der Waals surface area contributed by atoms with Crippen molar-refractivity contribution in [1.82, 2.24) is 9.78 Å². The molecular formula is C18H21ClFN3O. The Kier molecular flexibility index (Phi) is 5.78. The van der Waals surface area contributed by atoms with Crippen LogP contribution in [0.4, 0.5) is 10.1 Å². The summed E-state index contributed by atoms with van der Waals surface area (Å²) in [7, 11) is 0. The Morgan fingerprint density at radius 2 is 2.12 bits per heavy atom. The molecule has 2 aromatic rings. The third-order valence-corrected chi connectivity index (χ3v) is 3.83. The van der Waals surface area contributed by atoms with Crippen LogP contribution in [0.1, 0.15) is 30.7 Å². The van der Waals surface area contributed by atoms with Crippen molar-refractivity contribution in [3.05, 3.63) is 52.1 Å². The lowest BCUT2D eigenvalue weighted by Gasteiger charge is -2.05. The monoisotopic (exact) mass is 349 g/mol. The van der Waals surface area contributed by atoms with E-state index in [-0.39, 0.29) is 5.69 Å². The quantitative estimate of drug-likeness (QED) is 0.802. The fraction of sp³-hybridized carbons (Fsp3) is 0.333. The molecule has 1 aromatic carbocycles. The number of carbonyl (C=O) groups is 1. The van der Waals surface area contributed by atoms with Crippen molar-refractivity contribution in [1.29, 1.82) is 0 Å². The van der Waals surface area contributed by atoms with Gasteiger partial charge < -0.3 is 5.32 Å². The van der Waals surface area contributed by atoms with Crippen molar-refractivity contribution >= 4 is 29.3 Å². The number of rotatable bonds is 5. The Morgan fingerprint density at radius 1 is 1.42 bits per heavy atom. The first-order valence-corrected chi connectivity index (χ1v) is 8.14. The molecule has 2 rings (SSSR count). The summed E-state index contributed by atoms with van der Waals surface area (Å²) < 4.78 is 15.5. The molecule has 0 bridgehead atoms. The summed E-state index contributed by atoms with van der Waals surface area (Å²) in [4.78, 5) is 12.0. The molecule has 24 heavy (non-hydrogen) atoms. The summed E-state index contributed by atoms with van der Waals surface area (Å²) >= 11 is 6.32. The first kappa shape index (κ1) is 18.2. The molecule has 1 aromatic heterocycles. The molecule has 0 fully saturated rings. The van der Waals surface area contributed by atoms with Crippen molar-refractivity contribution in [3.63, 3.8) is 0 Å². The van der Waals surface area contributed by atoms with Crippen LogP contribution < -0.4 is 5.32 Å². The van der Waals surface area contributed by atoms with Gasteiger partial charge in [-0.2, -0.15) is 5.10 Å². The molecule has 0 saturated carbocycles. The van der Waals surface area contributed by atoms with E-state index >= 15 is 0 Å². The van der Waals surface area contributed by atoms with E-state index in [1.54, 1.807) is 23.7 Å². The first-order valence-electron chi connectivity index (χ1n) is 7.76. The highest BCUT2D eigenvalue weighted by atomic mass is 35.5. The zero-order chi connectivity index (χ0) is 17.9. The lowest BCUT2D eigenvalue weighted by molar-refractivity contribution is -0.111. The molecule has 0 atom stereocenters. The van der Waals surface area contributed by atoms with Gasteiger partial charge in [0.2, 0.25) is 5.91 Å². The number of nitrogens with one attached hydrogen (secondary N) is 1. The van der Waals surface area contributed by atoms with Gasteiger partial charge in [-0.1, -0.05) is 31.5 Å². The minimum absolute atomic E-state index is 0.147. The number of aryl methyl sites for hydroxylation is 2. The lowest BCUT2D eigenvalue weighted by atomic mass is 10.2. The number of hydrogen-bond donors (Lipinski definition) is 1. The van der Waals surface area contributed by atoms with Crippen LogP contribution in [0.15, 0.2) is 24.3 Å². The van der Waals surface area contributed by atoms with Gasteiger partial charge in [-0.25, -0.2) is 4.39 Å². The standard InChI is InChI=1S/C18H21ClFN3O/c1-11(2)10-23-18(19)14(13(4)22-23)6-8-17(24)21-16-7-5-12(3)9-15(16)20/h5-9,11H,10H2,1-4H3,(H,21,24)/b8-6+. The van der Waals surface area contributed by atoms with Crippen LogP contribution in [0.3, 0.4) is 0 Å². The van der Waals surface area contributed by atoms with Crippen molar-refractivity contribution in [2.75, 3.05) is 5.32 Å². The molecule has 128 valence electrons. The molecule has 1 heterocycles. The molecule has 4 nitrogen and oxygen atoms in total. The van der Waals surface area contributed by atoms with Gasteiger partial charge in [0.25, 0.3) is 0 Å². The second-order valence-electron chi connectivity index (χ2n) is 6.17. The SMILES string of the molecule is Cc1ccc(NC(=O)/C=C/c2c(C)nn(CC(C)C)c2Cl)c(F)c1. The van der Waals surface area contributed by atoms with E-state index in [2.05, 4.69) is 24.3 Å². The highest BCUT2D eigenvalue weighted by Crippen LogP contribution is 2.22. The molecule has 1 N–H and O–H groups in total. The summed E-state index contributed by atoms with van der Waals surface area (Å²) in [6.07, 6.45) is 2.93. The fourth-order valence-corrected chi connectivity index (χ4v) is 2.58. The van der Waals surface area contributed by atoms with E-state index in [4.69, 9.17) is 11.6 Å². The van der Waals surface area contributed by atoms with Gasteiger partial charge in [-0.05, 0) is 43.5 Å². The maximum absolute atomic E-state index is 13.8. The number of aromatic nitrogens is 2. The number of benzene rings is 1. The molecule has 1 amide bonds. The molecule has 0 spiro atoms. The number of carbonyl (C=O) groups excluding carboxylic acids is 1. The van der Waals surface area contributed by atoms with Crippen LogP contribution in [0.5, 0.6) is 0 Å².